The highest BCUT2D eigenvalue weighted by Gasteiger charge is 2.38. The molecule has 0 saturated heterocycles. The van der Waals surface area contributed by atoms with E-state index in [4.69, 9.17) is 22.6 Å². The summed E-state index contributed by atoms with van der Waals surface area (Å²) in [6.45, 7) is -0.377. The number of imidazole rings is 1. The van der Waals surface area contributed by atoms with Crippen LogP contribution in [0.5, 0.6) is 0 Å². The Labute approximate surface area is 220 Å². The second-order valence-electron chi connectivity index (χ2n) is 9.00. The average Bonchev–Trinajstić information content (AvgIpc) is 3.44. The number of hydrogen-bond acceptors (Lipinski definition) is 6. The number of alkyl halides is 3. The first-order valence-electron chi connectivity index (χ1n) is 11.7. The summed E-state index contributed by atoms with van der Waals surface area (Å²) in [5.41, 5.74) is 4.89. The van der Waals surface area contributed by atoms with Crippen LogP contribution in [0.2, 0.25) is 5.02 Å². The lowest BCUT2D eigenvalue weighted by atomic mass is 9.91. The molecule has 1 fully saturated rings. The Morgan fingerprint density at radius 1 is 1.24 bits per heavy atom. The number of nitriles is 1. The Bertz CT molecular complexity index is 1400. The normalized spacial score (nSPS) is 17.6. The first-order chi connectivity index (χ1) is 18.0. The quantitative estimate of drug-likeness (QED) is 0.428. The topological polar surface area (TPSA) is 144 Å². The third kappa shape index (κ3) is 5.81. The van der Waals surface area contributed by atoms with Gasteiger partial charge in [-0.25, -0.2) is 4.98 Å². The molecule has 1 aliphatic rings. The third-order valence-corrected chi connectivity index (χ3v) is 6.62. The Hall–Kier alpha value is -3.89. The summed E-state index contributed by atoms with van der Waals surface area (Å²) in [5.74, 6) is -1.21. The summed E-state index contributed by atoms with van der Waals surface area (Å²) in [4.78, 5) is 29.5. The fourth-order valence-corrected chi connectivity index (χ4v) is 4.60. The molecule has 200 valence electrons. The van der Waals surface area contributed by atoms with Crippen molar-refractivity contribution in [3.05, 3.63) is 52.7 Å². The van der Waals surface area contributed by atoms with Crippen LogP contribution in [0.15, 0.2) is 30.6 Å². The number of carbonyl (C=O) groups excluding carboxylic acids is 2. The minimum atomic E-state index is -4.78. The van der Waals surface area contributed by atoms with Crippen LogP contribution in [0.4, 0.5) is 18.9 Å². The predicted octanol–water partition coefficient (Wildman–Crippen LogP) is 3.73. The molecule has 2 amide bonds. The number of aromatic nitrogens is 4. The lowest BCUT2D eigenvalue weighted by molar-refractivity contribution is -0.141. The zero-order valence-electron chi connectivity index (χ0n) is 20.2. The smallest absolute Gasteiger partial charge is 0.349 e. The lowest BCUT2D eigenvalue weighted by Gasteiger charge is -2.27. The van der Waals surface area contributed by atoms with Gasteiger partial charge >= 0.3 is 6.18 Å². The van der Waals surface area contributed by atoms with Crippen molar-refractivity contribution in [2.75, 3.05) is 5.32 Å². The van der Waals surface area contributed by atoms with Crippen LogP contribution in [0.3, 0.4) is 0 Å². The van der Waals surface area contributed by atoms with Crippen LogP contribution in [0.1, 0.15) is 52.4 Å². The molecule has 0 unspecified atom stereocenters. The lowest BCUT2D eigenvalue weighted by Crippen LogP contribution is -2.40. The zero-order chi connectivity index (χ0) is 27.6. The van der Waals surface area contributed by atoms with E-state index in [1.54, 1.807) is 6.07 Å². The van der Waals surface area contributed by atoms with E-state index >= 15 is 0 Å². The summed E-state index contributed by atoms with van der Waals surface area (Å²) in [5, 5.41) is 17.9. The van der Waals surface area contributed by atoms with Crippen LogP contribution >= 0.6 is 11.6 Å². The number of nitrogens with two attached hydrogens (primary N) is 1. The molecule has 3 aromatic rings. The Morgan fingerprint density at radius 2 is 1.95 bits per heavy atom. The van der Waals surface area contributed by atoms with Gasteiger partial charge in [-0.05, 0) is 43.9 Å². The van der Waals surface area contributed by atoms with E-state index in [2.05, 4.69) is 20.7 Å². The van der Waals surface area contributed by atoms with Crippen molar-refractivity contribution >= 4 is 29.1 Å². The van der Waals surface area contributed by atoms with Crippen molar-refractivity contribution in [2.24, 2.45) is 12.8 Å². The summed E-state index contributed by atoms with van der Waals surface area (Å²) >= 11 is 6.31. The van der Waals surface area contributed by atoms with Crippen molar-refractivity contribution in [1.29, 1.82) is 5.26 Å². The molecule has 2 aromatic heterocycles. The minimum Gasteiger partial charge on any atom is -0.349 e. The first kappa shape index (κ1) is 27.2. The number of rotatable bonds is 6. The van der Waals surface area contributed by atoms with Crippen LogP contribution in [-0.4, -0.2) is 43.2 Å². The van der Waals surface area contributed by atoms with E-state index in [1.165, 1.54) is 29.8 Å². The Kier molecular flexibility index (Phi) is 7.75. The van der Waals surface area contributed by atoms with E-state index < -0.39 is 17.8 Å². The van der Waals surface area contributed by atoms with Crippen LogP contribution in [0, 0.1) is 11.3 Å². The fourth-order valence-electron chi connectivity index (χ4n) is 4.33. The average molecular weight is 549 g/mol. The molecule has 1 saturated carbocycles. The zero-order valence-corrected chi connectivity index (χ0v) is 21.0. The molecule has 0 aliphatic heterocycles. The molecule has 10 nitrogen and oxygen atoms in total. The maximum Gasteiger partial charge on any atom is 0.435 e. The molecule has 1 aliphatic carbocycles. The van der Waals surface area contributed by atoms with Gasteiger partial charge in [-0.2, -0.15) is 23.5 Å². The number of benzene rings is 1. The molecule has 0 atom stereocenters. The van der Waals surface area contributed by atoms with Gasteiger partial charge in [-0.15, -0.1) is 0 Å². The van der Waals surface area contributed by atoms with Crippen molar-refractivity contribution < 1.29 is 22.8 Å². The summed E-state index contributed by atoms with van der Waals surface area (Å²) < 4.78 is 42.7. The fraction of sp³-hybridized carbons (Fsp3) is 0.375. The van der Waals surface area contributed by atoms with Gasteiger partial charge in [0.1, 0.15) is 6.54 Å². The Morgan fingerprint density at radius 3 is 2.58 bits per heavy atom. The maximum atomic E-state index is 13.5. The van der Waals surface area contributed by atoms with Gasteiger partial charge in [0, 0.05) is 31.0 Å². The second-order valence-corrected chi connectivity index (χ2v) is 9.41. The highest BCUT2D eigenvalue weighted by molar-refractivity contribution is 6.34. The molecule has 1 aromatic carbocycles. The second kappa shape index (κ2) is 10.8. The van der Waals surface area contributed by atoms with Gasteiger partial charge < -0.3 is 20.9 Å². The number of nitrogens with one attached hydrogen (secondary N) is 2. The van der Waals surface area contributed by atoms with Crippen LogP contribution < -0.4 is 16.4 Å². The maximum absolute atomic E-state index is 13.5. The van der Waals surface area contributed by atoms with E-state index in [0.717, 1.165) is 42.8 Å². The summed E-state index contributed by atoms with van der Waals surface area (Å²) in [6.07, 6.45) is 0.655. The van der Waals surface area contributed by atoms with Gasteiger partial charge in [0.2, 0.25) is 0 Å². The number of nitrogens with zero attached hydrogens (tertiary/aromatic N) is 5. The van der Waals surface area contributed by atoms with Crippen molar-refractivity contribution in [2.45, 2.75) is 50.5 Å². The monoisotopic (exact) mass is 548 g/mol. The molecule has 0 spiro atoms. The number of hydrogen-bond donors (Lipinski definition) is 3. The first-order valence-corrected chi connectivity index (χ1v) is 12.1. The van der Waals surface area contributed by atoms with E-state index in [-0.39, 0.29) is 57.9 Å². The SMILES string of the molecule is Cn1c(-c2cn(CC#N)nc2C(F)(F)F)cnc1C(=O)Nc1ccc(C(=O)NC2CCC(N)CC2)c(Cl)c1. The van der Waals surface area contributed by atoms with E-state index in [9.17, 15) is 22.8 Å². The van der Waals surface area contributed by atoms with Crippen molar-refractivity contribution in [3.63, 3.8) is 0 Å². The standard InChI is InChI=1S/C24H24ClF3N8O2/c1-35-19(17-12-36(9-8-29)34-20(17)24(26,27)28)11-31-21(35)23(38)33-15-6-7-16(18(25)10-15)22(37)32-14-4-2-13(30)3-5-14/h6-7,10-14H,2-5,9,30H2,1H3,(H,32,37)(H,33,38). The van der Waals surface area contributed by atoms with Crippen molar-refractivity contribution in [1.82, 2.24) is 24.6 Å². The number of anilines is 1. The van der Waals surface area contributed by atoms with E-state index in [1.807, 2.05) is 0 Å². The number of carbonyl (C=O) groups is 2. The van der Waals surface area contributed by atoms with Gasteiger partial charge in [-0.3, -0.25) is 14.3 Å². The minimum absolute atomic E-state index is 0.0135. The Balaban J connectivity index is 1.49. The highest BCUT2D eigenvalue weighted by atomic mass is 35.5. The molecule has 4 N–H and O–H groups in total. The molecule has 38 heavy (non-hydrogen) atoms. The van der Waals surface area contributed by atoms with E-state index in [0.29, 0.717) is 0 Å². The molecule has 0 radical (unpaired) electrons. The van der Waals surface area contributed by atoms with Gasteiger partial charge in [0.05, 0.1) is 34.1 Å². The molecule has 14 heteroatoms. The number of amides is 2. The number of halogens is 4. The molecule has 0 bridgehead atoms. The third-order valence-electron chi connectivity index (χ3n) is 6.31. The highest BCUT2D eigenvalue weighted by Crippen LogP contribution is 2.36. The van der Waals surface area contributed by atoms with Gasteiger partial charge in [-0.1, -0.05) is 11.6 Å². The van der Waals surface area contributed by atoms with Crippen LogP contribution in [0.25, 0.3) is 11.3 Å². The molecular weight excluding hydrogens is 525 g/mol. The van der Waals surface area contributed by atoms with Crippen molar-refractivity contribution in [3.8, 4) is 17.3 Å². The molecule has 2 heterocycles. The molecule has 4 rings (SSSR count). The van der Waals surface area contributed by atoms with Crippen LogP contribution in [-0.2, 0) is 19.8 Å². The largest absolute Gasteiger partial charge is 0.435 e. The summed E-state index contributed by atoms with van der Waals surface area (Å²) in [7, 11) is 1.39. The van der Waals surface area contributed by atoms with Gasteiger partial charge in [0.15, 0.2) is 11.5 Å². The summed E-state index contributed by atoms with van der Waals surface area (Å²) in [6, 6.07) is 6.28. The predicted molar refractivity (Wildman–Crippen MR) is 132 cm³/mol. The molecular formula is C24H24ClF3N8O2. The van der Waals surface area contributed by atoms with Gasteiger partial charge in [0.25, 0.3) is 11.8 Å².